The second-order valence-corrected chi connectivity index (χ2v) is 6.58. The predicted molar refractivity (Wildman–Crippen MR) is 95.3 cm³/mol. The number of rotatable bonds is 9. The average molecular weight is 362 g/mol. The number of carbonyl (C=O) groups is 1. The Bertz CT molecular complexity index is 547. The first-order chi connectivity index (χ1) is 10.3. The van der Waals surface area contributed by atoms with Crippen LogP contribution in [-0.4, -0.2) is 50.0 Å². The van der Waals surface area contributed by atoms with Gasteiger partial charge in [0.1, 0.15) is 0 Å². The number of benzene rings is 1. The highest BCUT2D eigenvalue weighted by atomic mass is 35.5. The molecule has 1 amide bonds. The van der Waals surface area contributed by atoms with Crippen LogP contribution in [0.2, 0.25) is 0 Å². The first-order valence-electron chi connectivity index (χ1n) is 6.74. The summed E-state index contributed by atoms with van der Waals surface area (Å²) in [5, 5.41) is 6.05. The van der Waals surface area contributed by atoms with Crippen molar-refractivity contribution in [2.45, 2.75) is 4.34 Å². The molecule has 8 heteroatoms. The van der Waals surface area contributed by atoms with Gasteiger partial charge in [-0.25, -0.2) is 4.98 Å². The molecule has 0 unspecified atom stereocenters. The van der Waals surface area contributed by atoms with Crippen LogP contribution in [0.5, 0.6) is 0 Å². The maximum absolute atomic E-state index is 11.7. The number of carbonyl (C=O) groups excluding carboxylic acids is 1. The van der Waals surface area contributed by atoms with Crippen LogP contribution in [0.3, 0.4) is 0 Å². The zero-order valence-corrected chi connectivity index (χ0v) is 14.8. The molecule has 1 aromatic heterocycles. The normalized spacial score (nSPS) is 10.4. The highest BCUT2D eigenvalue weighted by Gasteiger charge is 2.06. The molecule has 2 aromatic rings. The molecule has 1 aromatic carbocycles. The molecule has 5 nitrogen and oxygen atoms in total. The van der Waals surface area contributed by atoms with Crippen LogP contribution in [0.15, 0.2) is 28.6 Å². The standard InChI is InChI=1S/C14H19N3O2S2.ClH/c1-19-9-8-15-6-7-16-13(18)10-20-14-17-11-4-2-3-5-12(11)21-14;/h2-5,15H,6-10H2,1H3,(H,16,18);1H. The number of hydrogen-bond donors (Lipinski definition) is 2. The summed E-state index contributed by atoms with van der Waals surface area (Å²) in [6, 6.07) is 8.00. The first kappa shape index (κ1) is 19.2. The summed E-state index contributed by atoms with van der Waals surface area (Å²) < 4.78 is 7.01. The van der Waals surface area contributed by atoms with E-state index in [4.69, 9.17) is 4.74 Å². The highest BCUT2D eigenvalue weighted by molar-refractivity contribution is 8.01. The molecular formula is C14H20ClN3O2S2. The lowest BCUT2D eigenvalue weighted by Crippen LogP contribution is -2.33. The van der Waals surface area contributed by atoms with Crippen LogP contribution >= 0.6 is 35.5 Å². The molecule has 0 bridgehead atoms. The lowest BCUT2D eigenvalue weighted by atomic mass is 10.3. The Morgan fingerprint density at radius 1 is 1.32 bits per heavy atom. The van der Waals surface area contributed by atoms with Crippen molar-refractivity contribution < 1.29 is 9.53 Å². The van der Waals surface area contributed by atoms with E-state index >= 15 is 0 Å². The Morgan fingerprint density at radius 2 is 2.14 bits per heavy atom. The van der Waals surface area contributed by atoms with Gasteiger partial charge in [0.2, 0.25) is 5.91 Å². The number of hydrogen-bond acceptors (Lipinski definition) is 6. The van der Waals surface area contributed by atoms with Crippen molar-refractivity contribution in [2.75, 3.05) is 39.1 Å². The molecule has 0 aliphatic carbocycles. The van der Waals surface area contributed by atoms with Gasteiger partial charge in [-0.1, -0.05) is 23.9 Å². The zero-order chi connectivity index (χ0) is 14.9. The van der Waals surface area contributed by atoms with E-state index < -0.39 is 0 Å². The van der Waals surface area contributed by atoms with Crippen molar-refractivity contribution in [3.8, 4) is 0 Å². The molecule has 1 heterocycles. The Labute approximate surface area is 144 Å². The quantitative estimate of drug-likeness (QED) is 0.529. The number of halogens is 1. The van der Waals surface area contributed by atoms with Gasteiger partial charge in [0, 0.05) is 26.7 Å². The first-order valence-corrected chi connectivity index (χ1v) is 8.54. The molecule has 0 aliphatic rings. The van der Waals surface area contributed by atoms with Crippen LogP contribution in [0, 0.1) is 0 Å². The monoisotopic (exact) mass is 361 g/mol. The molecule has 0 radical (unpaired) electrons. The van der Waals surface area contributed by atoms with E-state index in [0.717, 1.165) is 27.6 Å². The lowest BCUT2D eigenvalue weighted by Gasteiger charge is -2.05. The number of ether oxygens (including phenoxy) is 1. The van der Waals surface area contributed by atoms with Gasteiger partial charge in [0.25, 0.3) is 0 Å². The van der Waals surface area contributed by atoms with Crippen molar-refractivity contribution in [2.24, 2.45) is 0 Å². The number of thiazole rings is 1. The summed E-state index contributed by atoms with van der Waals surface area (Å²) in [6.07, 6.45) is 0. The number of fused-ring (bicyclic) bond motifs is 1. The Balaban J connectivity index is 0.00000242. The molecule has 22 heavy (non-hydrogen) atoms. The molecule has 2 N–H and O–H groups in total. The molecule has 0 fully saturated rings. The van der Waals surface area contributed by atoms with Crippen LogP contribution in [0.25, 0.3) is 10.2 Å². The Morgan fingerprint density at radius 3 is 2.91 bits per heavy atom. The number of nitrogens with zero attached hydrogens (tertiary/aromatic N) is 1. The second kappa shape index (κ2) is 10.8. The fourth-order valence-corrected chi connectivity index (χ4v) is 3.58. The number of thioether (sulfide) groups is 1. The van der Waals surface area contributed by atoms with Crippen LogP contribution < -0.4 is 10.6 Å². The van der Waals surface area contributed by atoms with E-state index in [2.05, 4.69) is 15.6 Å². The Hall–Kier alpha value is -0.860. The fourth-order valence-electron chi connectivity index (χ4n) is 1.68. The average Bonchev–Trinajstić information content (AvgIpc) is 2.91. The van der Waals surface area contributed by atoms with E-state index in [1.54, 1.807) is 18.4 Å². The van der Waals surface area contributed by atoms with E-state index in [0.29, 0.717) is 18.9 Å². The van der Waals surface area contributed by atoms with Crippen molar-refractivity contribution in [1.82, 2.24) is 15.6 Å². The largest absolute Gasteiger partial charge is 0.383 e. The summed E-state index contributed by atoms with van der Waals surface area (Å²) in [7, 11) is 1.67. The second-order valence-electron chi connectivity index (χ2n) is 4.33. The SMILES string of the molecule is COCCNCCNC(=O)CSc1nc2ccccc2s1.Cl. The predicted octanol–water partition coefficient (Wildman–Crippen LogP) is 2.16. The van der Waals surface area contributed by atoms with Gasteiger partial charge in [-0.05, 0) is 12.1 Å². The van der Waals surface area contributed by atoms with E-state index in [1.165, 1.54) is 11.8 Å². The minimum Gasteiger partial charge on any atom is -0.383 e. The van der Waals surface area contributed by atoms with E-state index in [9.17, 15) is 4.79 Å². The van der Waals surface area contributed by atoms with Crippen molar-refractivity contribution in [3.63, 3.8) is 0 Å². The summed E-state index contributed by atoms with van der Waals surface area (Å²) in [5.74, 6) is 0.436. The third-order valence-corrected chi connectivity index (χ3v) is 4.89. The molecule has 0 saturated heterocycles. The van der Waals surface area contributed by atoms with Gasteiger partial charge in [0.05, 0.1) is 22.6 Å². The minimum atomic E-state index is 0. The minimum absolute atomic E-state index is 0. The molecular weight excluding hydrogens is 342 g/mol. The maximum Gasteiger partial charge on any atom is 0.230 e. The lowest BCUT2D eigenvalue weighted by molar-refractivity contribution is -0.118. The number of amides is 1. The summed E-state index contributed by atoms with van der Waals surface area (Å²) in [6.45, 7) is 2.86. The highest BCUT2D eigenvalue weighted by Crippen LogP contribution is 2.28. The molecule has 0 saturated carbocycles. The molecule has 0 aliphatic heterocycles. The zero-order valence-electron chi connectivity index (χ0n) is 12.3. The van der Waals surface area contributed by atoms with Crippen molar-refractivity contribution in [1.29, 1.82) is 0 Å². The Kier molecular flexibility index (Phi) is 9.42. The third-order valence-electron chi connectivity index (χ3n) is 2.71. The molecule has 0 spiro atoms. The topological polar surface area (TPSA) is 63.2 Å². The van der Waals surface area contributed by atoms with Gasteiger partial charge in [-0.15, -0.1) is 23.7 Å². The smallest absolute Gasteiger partial charge is 0.230 e. The van der Waals surface area contributed by atoms with Gasteiger partial charge in [-0.2, -0.15) is 0 Å². The molecule has 122 valence electrons. The maximum atomic E-state index is 11.7. The number of methoxy groups -OCH3 is 1. The molecule has 0 atom stereocenters. The van der Waals surface area contributed by atoms with Gasteiger partial charge < -0.3 is 15.4 Å². The van der Waals surface area contributed by atoms with Gasteiger partial charge >= 0.3 is 0 Å². The van der Waals surface area contributed by atoms with Crippen molar-refractivity contribution >= 4 is 51.6 Å². The summed E-state index contributed by atoms with van der Waals surface area (Å²) in [4.78, 5) is 16.2. The van der Waals surface area contributed by atoms with Crippen LogP contribution in [-0.2, 0) is 9.53 Å². The third kappa shape index (κ3) is 6.50. The molecule has 2 rings (SSSR count). The summed E-state index contributed by atoms with van der Waals surface area (Å²) >= 11 is 3.10. The van der Waals surface area contributed by atoms with Crippen LogP contribution in [0.1, 0.15) is 0 Å². The van der Waals surface area contributed by atoms with E-state index in [1.807, 2.05) is 24.3 Å². The summed E-state index contributed by atoms with van der Waals surface area (Å²) in [5.41, 5.74) is 0.993. The van der Waals surface area contributed by atoms with Crippen LogP contribution in [0.4, 0.5) is 0 Å². The van der Waals surface area contributed by atoms with E-state index in [-0.39, 0.29) is 18.3 Å². The fraction of sp³-hybridized carbons (Fsp3) is 0.429. The van der Waals surface area contributed by atoms with Gasteiger partial charge in [0.15, 0.2) is 4.34 Å². The van der Waals surface area contributed by atoms with Gasteiger partial charge in [-0.3, -0.25) is 4.79 Å². The van der Waals surface area contributed by atoms with Crippen molar-refractivity contribution in [3.05, 3.63) is 24.3 Å². The number of aromatic nitrogens is 1. The number of nitrogens with one attached hydrogen (secondary N) is 2. The number of para-hydroxylation sites is 1.